The summed E-state index contributed by atoms with van der Waals surface area (Å²) in [5, 5.41) is 2.77. The normalized spacial score (nSPS) is 10.1. The van der Waals surface area contributed by atoms with Crippen molar-refractivity contribution in [2.75, 3.05) is 30.5 Å². The summed E-state index contributed by atoms with van der Waals surface area (Å²) in [5.41, 5.74) is 1.25. The van der Waals surface area contributed by atoms with E-state index in [2.05, 4.69) is 5.32 Å². The number of rotatable bonds is 8. The van der Waals surface area contributed by atoms with Gasteiger partial charge >= 0.3 is 5.97 Å². The Kier molecular flexibility index (Phi) is 7.56. The van der Waals surface area contributed by atoms with Crippen LogP contribution >= 0.6 is 0 Å². The molecule has 2 rings (SSSR count). The van der Waals surface area contributed by atoms with Crippen molar-refractivity contribution in [2.45, 2.75) is 20.3 Å². The third-order valence-electron chi connectivity index (χ3n) is 4.01. The molecule has 0 heterocycles. The predicted octanol–water partition coefficient (Wildman–Crippen LogP) is 3.25. The van der Waals surface area contributed by atoms with Crippen molar-refractivity contribution in [3.63, 3.8) is 0 Å². The SMILES string of the molecule is CCOC(=O)c1ccccc1N(CCC(=O)Nc1ccccc1OC)C(C)=O. The Morgan fingerprint density at radius 2 is 1.71 bits per heavy atom. The second-order valence-corrected chi connectivity index (χ2v) is 5.91. The largest absolute Gasteiger partial charge is 0.495 e. The average Bonchev–Trinajstić information content (AvgIpc) is 2.69. The van der Waals surface area contributed by atoms with Gasteiger partial charge < -0.3 is 19.7 Å². The maximum absolute atomic E-state index is 12.4. The molecule has 0 aliphatic rings. The lowest BCUT2D eigenvalue weighted by Gasteiger charge is -2.23. The molecule has 28 heavy (non-hydrogen) atoms. The third kappa shape index (κ3) is 5.33. The number of benzene rings is 2. The van der Waals surface area contributed by atoms with E-state index >= 15 is 0 Å². The van der Waals surface area contributed by atoms with Crippen LogP contribution in [0.2, 0.25) is 0 Å². The van der Waals surface area contributed by atoms with Crippen molar-refractivity contribution in [1.82, 2.24) is 0 Å². The highest BCUT2D eigenvalue weighted by molar-refractivity contribution is 6.02. The van der Waals surface area contributed by atoms with Crippen LogP contribution in [-0.2, 0) is 14.3 Å². The minimum Gasteiger partial charge on any atom is -0.495 e. The Morgan fingerprint density at radius 3 is 2.39 bits per heavy atom. The molecule has 0 aliphatic heterocycles. The molecule has 2 aromatic carbocycles. The number of carbonyl (C=O) groups is 3. The minimum absolute atomic E-state index is 0.0504. The summed E-state index contributed by atoms with van der Waals surface area (Å²) in [4.78, 5) is 38.1. The molecular formula is C21H24N2O5. The van der Waals surface area contributed by atoms with Crippen LogP contribution in [0.15, 0.2) is 48.5 Å². The van der Waals surface area contributed by atoms with Crippen molar-refractivity contribution in [3.8, 4) is 5.75 Å². The number of amides is 2. The van der Waals surface area contributed by atoms with Crippen molar-refractivity contribution >= 4 is 29.2 Å². The minimum atomic E-state index is -0.511. The first-order valence-corrected chi connectivity index (χ1v) is 8.95. The van der Waals surface area contributed by atoms with Gasteiger partial charge in [0.1, 0.15) is 5.75 Å². The highest BCUT2D eigenvalue weighted by atomic mass is 16.5. The van der Waals surface area contributed by atoms with E-state index in [0.717, 1.165) is 0 Å². The summed E-state index contributed by atoms with van der Waals surface area (Å²) in [7, 11) is 1.52. The standard InChI is InChI=1S/C21H24N2O5/c1-4-28-21(26)16-9-5-7-11-18(16)23(15(2)24)14-13-20(25)22-17-10-6-8-12-19(17)27-3/h5-12H,4,13-14H2,1-3H3,(H,22,25). The summed E-state index contributed by atoms with van der Waals surface area (Å²) in [5.74, 6) is -0.513. The smallest absolute Gasteiger partial charge is 0.340 e. The van der Waals surface area contributed by atoms with Gasteiger partial charge in [0.2, 0.25) is 11.8 Å². The summed E-state index contributed by atoms with van der Waals surface area (Å²) in [6.07, 6.45) is 0.0504. The van der Waals surface area contributed by atoms with Crippen LogP contribution in [0.25, 0.3) is 0 Å². The summed E-state index contributed by atoms with van der Waals surface area (Å²) in [6, 6.07) is 13.7. The summed E-state index contributed by atoms with van der Waals surface area (Å²) in [6.45, 7) is 3.45. The van der Waals surface area contributed by atoms with Gasteiger partial charge in [-0.3, -0.25) is 9.59 Å². The van der Waals surface area contributed by atoms with E-state index in [4.69, 9.17) is 9.47 Å². The average molecular weight is 384 g/mol. The fourth-order valence-electron chi connectivity index (χ4n) is 2.71. The maximum atomic E-state index is 12.4. The van der Waals surface area contributed by atoms with Gasteiger partial charge in [0, 0.05) is 19.9 Å². The van der Waals surface area contributed by atoms with Crippen molar-refractivity contribution in [2.24, 2.45) is 0 Å². The zero-order valence-corrected chi connectivity index (χ0v) is 16.2. The number of ether oxygens (including phenoxy) is 2. The first-order valence-electron chi connectivity index (χ1n) is 8.95. The number of para-hydroxylation sites is 3. The molecule has 0 unspecified atom stereocenters. The molecule has 7 nitrogen and oxygen atoms in total. The van der Waals surface area contributed by atoms with Gasteiger partial charge in [0.25, 0.3) is 0 Å². The number of nitrogens with zero attached hydrogens (tertiary/aromatic N) is 1. The zero-order chi connectivity index (χ0) is 20.5. The lowest BCUT2D eigenvalue weighted by molar-refractivity contribution is -0.117. The van der Waals surface area contributed by atoms with Crippen LogP contribution in [0.5, 0.6) is 5.75 Å². The molecular weight excluding hydrogens is 360 g/mol. The quantitative estimate of drug-likeness (QED) is 0.706. The van der Waals surface area contributed by atoms with Gasteiger partial charge in [-0.05, 0) is 31.2 Å². The molecule has 0 fully saturated rings. The van der Waals surface area contributed by atoms with Gasteiger partial charge in [-0.25, -0.2) is 4.79 Å². The van der Waals surface area contributed by atoms with Gasteiger partial charge in [-0.15, -0.1) is 0 Å². The number of anilines is 2. The molecule has 1 N–H and O–H groups in total. The first-order chi connectivity index (χ1) is 13.5. The van der Waals surface area contributed by atoms with E-state index < -0.39 is 5.97 Å². The van der Waals surface area contributed by atoms with Crippen LogP contribution in [-0.4, -0.2) is 38.0 Å². The molecule has 0 radical (unpaired) electrons. The molecule has 0 saturated heterocycles. The number of methoxy groups -OCH3 is 1. The Labute approximate surface area is 164 Å². The monoisotopic (exact) mass is 384 g/mol. The second kappa shape index (κ2) is 10.1. The van der Waals surface area contributed by atoms with Crippen LogP contribution in [0.4, 0.5) is 11.4 Å². The molecule has 2 amide bonds. The number of hydrogen-bond donors (Lipinski definition) is 1. The van der Waals surface area contributed by atoms with Gasteiger partial charge in [-0.2, -0.15) is 0 Å². The molecule has 0 aromatic heterocycles. The second-order valence-electron chi connectivity index (χ2n) is 5.91. The number of hydrogen-bond acceptors (Lipinski definition) is 5. The lowest BCUT2D eigenvalue weighted by atomic mass is 10.1. The van der Waals surface area contributed by atoms with Crippen LogP contribution in [0, 0.1) is 0 Å². The molecule has 148 valence electrons. The molecule has 7 heteroatoms. The fraction of sp³-hybridized carbons (Fsp3) is 0.286. The Morgan fingerprint density at radius 1 is 1.04 bits per heavy atom. The van der Waals surface area contributed by atoms with Crippen molar-refractivity contribution in [1.29, 1.82) is 0 Å². The van der Waals surface area contributed by atoms with E-state index in [-0.39, 0.29) is 37.0 Å². The van der Waals surface area contributed by atoms with E-state index in [1.807, 2.05) is 0 Å². The topological polar surface area (TPSA) is 84.9 Å². The van der Waals surface area contributed by atoms with E-state index in [1.165, 1.54) is 18.9 Å². The third-order valence-corrected chi connectivity index (χ3v) is 4.01. The first kappa shape index (κ1) is 21.0. The Hall–Kier alpha value is -3.35. The van der Waals surface area contributed by atoms with Crippen LogP contribution < -0.4 is 15.0 Å². The molecule has 0 bridgehead atoms. The molecule has 0 atom stereocenters. The van der Waals surface area contributed by atoms with Gasteiger partial charge in [-0.1, -0.05) is 24.3 Å². The van der Waals surface area contributed by atoms with E-state index in [1.54, 1.807) is 55.5 Å². The van der Waals surface area contributed by atoms with Crippen LogP contribution in [0.1, 0.15) is 30.6 Å². The maximum Gasteiger partial charge on any atom is 0.340 e. The highest BCUT2D eigenvalue weighted by Gasteiger charge is 2.21. The van der Waals surface area contributed by atoms with E-state index in [0.29, 0.717) is 17.1 Å². The Balaban J connectivity index is 2.13. The van der Waals surface area contributed by atoms with Gasteiger partial charge in [0.15, 0.2) is 0 Å². The number of nitrogens with one attached hydrogen (secondary N) is 1. The summed E-state index contributed by atoms with van der Waals surface area (Å²) >= 11 is 0. The molecule has 0 aliphatic carbocycles. The number of carbonyl (C=O) groups excluding carboxylic acids is 3. The van der Waals surface area contributed by atoms with E-state index in [9.17, 15) is 14.4 Å². The van der Waals surface area contributed by atoms with Crippen LogP contribution in [0.3, 0.4) is 0 Å². The molecule has 0 saturated carbocycles. The fourth-order valence-corrected chi connectivity index (χ4v) is 2.71. The van der Waals surface area contributed by atoms with Crippen molar-refractivity contribution < 1.29 is 23.9 Å². The van der Waals surface area contributed by atoms with Gasteiger partial charge in [0.05, 0.1) is 30.7 Å². The number of esters is 1. The lowest BCUT2D eigenvalue weighted by Crippen LogP contribution is -2.33. The zero-order valence-electron chi connectivity index (χ0n) is 16.2. The molecule has 0 spiro atoms. The predicted molar refractivity (Wildman–Crippen MR) is 107 cm³/mol. The Bertz CT molecular complexity index is 850. The highest BCUT2D eigenvalue weighted by Crippen LogP contribution is 2.24. The molecule has 2 aromatic rings. The summed E-state index contributed by atoms with van der Waals surface area (Å²) < 4.78 is 10.3. The van der Waals surface area contributed by atoms with Crippen molar-refractivity contribution in [3.05, 3.63) is 54.1 Å².